The molecule has 0 spiro atoms. The Balaban J connectivity index is 1.48. The second-order valence-corrected chi connectivity index (χ2v) is 6.08. The maximum atomic E-state index is 12.9. The number of nitrogens with zero attached hydrogens (tertiary/aromatic N) is 4. The first-order valence-electron chi connectivity index (χ1n) is 7.53. The van der Waals surface area contributed by atoms with Gasteiger partial charge in [0.15, 0.2) is 0 Å². The van der Waals surface area contributed by atoms with E-state index in [0.717, 1.165) is 25.2 Å². The van der Waals surface area contributed by atoms with E-state index >= 15 is 0 Å². The number of carbonyl (C=O) groups excluding carboxylic acids is 1. The summed E-state index contributed by atoms with van der Waals surface area (Å²) in [5.74, 6) is -0.172. The number of hydrogen-bond donors (Lipinski definition) is 0. The molecule has 1 saturated heterocycles. The average Bonchev–Trinajstić information content (AvgIpc) is 2.95. The Morgan fingerprint density at radius 1 is 1.17 bits per heavy atom. The molecular weight excluding hydrogens is 319 g/mol. The van der Waals surface area contributed by atoms with Crippen molar-refractivity contribution in [1.82, 2.24) is 19.6 Å². The van der Waals surface area contributed by atoms with E-state index < -0.39 is 0 Å². The molecule has 1 aromatic carbocycles. The van der Waals surface area contributed by atoms with Crippen molar-refractivity contribution in [1.29, 1.82) is 0 Å². The van der Waals surface area contributed by atoms with Crippen LogP contribution in [0.5, 0.6) is 0 Å². The molecule has 0 saturated carbocycles. The van der Waals surface area contributed by atoms with Crippen molar-refractivity contribution in [3.63, 3.8) is 0 Å². The highest BCUT2D eigenvalue weighted by Crippen LogP contribution is 2.11. The second-order valence-electron chi connectivity index (χ2n) is 5.64. The van der Waals surface area contributed by atoms with E-state index in [1.54, 1.807) is 23.0 Å². The molecule has 0 unspecified atom stereocenters. The Morgan fingerprint density at radius 3 is 2.48 bits per heavy atom. The van der Waals surface area contributed by atoms with Gasteiger partial charge in [-0.1, -0.05) is 23.7 Å². The zero-order chi connectivity index (χ0) is 16.2. The fraction of sp³-hybridized carbons (Fsp3) is 0.375. The number of piperazine rings is 1. The normalized spacial score (nSPS) is 15.8. The van der Waals surface area contributed by atoms with Gasteiger partial charge < -0.3 is 4.90 Å². The molecule has 0 atom stereocenters. The third-order valence-electron chi connectivity index (χ3n) is 3.94. The summed E-state index contributed by atoms with van der Waals surface area (Å²) in [6.07, 6.45) is 3.17. The van der Waals surface area contributed by atoms with E-state index in [4.69, 9.17) is 11.6 Å². The smallest absolute Gasteiger partial charge is 0.244 e. The molecule has 1 fully saturated rings. The number of aromatic nitrogens is 2. The van der Waals surface area contributed by atoms with Crippen LogP contribution >= 0.6 is 11.6 Å². The van der Waals surface area contributed by atoms with E-state index in [0.29, 0.717) is 18.1 Å². The third-order valence-corrected chi connectivity index (χ3v) is 4.14. The van der Waals surface area contributed by atoms with Gasteiger partial charge in [-0.05, 0) is 17.7 Å². The SMILES string of the molecule is O=C(Cn1cc(Cl)cn1)N1CCN(Cc2ccc(F)cc2)CC1. The van der Waals surface area contributed by atoms with Gasteiger partial charge in [0.1, 0.15) is 12.4 Å². The molecule has 5 nitrogen and oxygen atoms in total. The first-order valence-corrected chi connectivity index (χ1v) is 7.90. The van der Waals surface area contributed by atoms with Crippen LogP contribution in [0.15, 0.2) is 36.7 Å². The highest BCUT2D eigenvalue weighted by Gasteiger charge is 2.21. The third kappa shape index (κ3) is 4.30. The van der Waals surface area contributed by atoms with Crippen molar-refractivity contribution in [2.24, 2.45) is 0 Å². The lowest BCUT2D eigenvalue weighted by molar-refractivity contribution is -0.133. The minimum atomic E-state index is -0.220. The molecule has 23 heavy (non-hydrogen) atoms. The molecule has 7 heteroatoms. The fourth-order valence-corrected chi connectivity index (χ4v) is 2.82. The van der Waals surface area contributed by atoms with Crippen molar-refractivity contribution in [3.05, 3.63) is 53.1 Å². The van der Waals surface area contributed by atoms with Crippen LogP contribution in [-0.2, 0) is 17.9 Å². The summed E-state index contributed by atoms with van der Waals surface area (Å²) < 4.78 is 14.5. The first-order chi connectivity index (χ1) is 11.1. The van der Waals surface area contributed by atoms with Crippen molar-refractivity contribution in [2.45, 2.75) is 13.1 Å². The van der Waals surface area contributed by atoms with E-state index in [2.05, 4.69) is 10.00 Å². The summed E-state index contributed by atoms with van der Waals surface area (Å²) in [6, 6.07) is 6.55. The predicted molar refractivity (Wildman–Crippen MR) is 85.5 cm³/mol. The first kappa shape index (κ1) is 16.0. The molecule has 122 valence electrons. The maximum absolute atomic E-state index is 12.9. The van der Waals surface area contributed by atoms with Crippen molar-refractivity contribution < 1.29 is 9.18 Å². The largest absolute Gasteiger partial charge is 0.339 e. The summed E-state index contributed by atoms with van der Waals surface area (Å²) in [5.41, 5.74) is 1.08. The zero-order valence-corrected chi connectivity index (χ0v) is 13.4. The fourth-order valence-electron chi connectivity index (χ4n) is 2.67. The number of carbonyl (C=O) groups is 1. The minimum absolute atomic E-state index is 0.0474. The summed E-state index contributed by atoms with van der Waals surface area (Å²) in [4.78, 5) is 16.4. The highest BCUT2D eigenvalue weighted by molar-refractivity contribution is 6.30. The van der Waals surface area contributed by atoms with Crippen LogP contribution in [0.3, 0.4) is 0 Å². The van der Waals surface area contributed by atoms with Gasteiger partial charge in [-0.15, -0.1) is 0 Å². The van der Waals surface area contributed by atoms with E-state index in [9.17, 15) is 9.18 Å². The van der Waals surface area contributed by atoms with Crippen molar-refractivity contribution >= 4 is 17.5 Å². The van der Waals surface area contributed by atoms with E-state index in [-0.39, 0.29) is 18.3 Å². The Labute approximate surface area is 139 Å². The van der Waals surface area contributed by atoms with Crippen LogP contribution in [-0.4, -0.2) is 51.7 Å². The van der Waals surface area contributed by atoms with E-state index in [1.807, 2.05) is 4.90 Å². The van der Waals surface area contributed by atoms with Gasteiger partial charge in [0, 0.05) is 38.9 Å². The molecule has 0 N–H and O–H groups in total. The molecule has 0 radical (unpaired) electrons. The van der Waals surface area contributed by atoms with Gasteiger partial charge in [-0.2, -0.15) is 5.10 Å². The van der Waals surface area contributed by atoms with Gasteiger partial charge in [0.2, 0.25) is 5.91 Å². The summed E-state index contributed by atoms with van der Waals surface area (Å²) >= 11 is 5.80. The van der Waals surface area contributed by atoms with Gasteiger partial charge >= 0.3 is 0 Å². The van der Waals surface area contributed by atoms with Crippen LogP contribution in [0.2, 0.25) is 5.02 Å². The van der Waals surface area contributed by atoms with Gasteiger partial charge in [-0.25, -0.2) is 4.39 Å². The van der Waals surface area contributed by atoms with Crippen molar-refractivity contribution in [2.75, 3.05) is 26.2 Å². The second kappa shape index (κ2) is 7.10. The van der Waals surface area contributed by atoms with Crippen LogP contribution in [0.1, 0.15) is 5.56 Å². The number of amides is 1. The quantitative estimate of drug-likeness (QED) is 0.857. The van der Waals surface area contributed by atoms with Gasteiger partial charge in [-0.3, -0.25) is 14.4 Å². The van der Waals surface area contributed by atoms with Crippen LogP contribution in [0.4, 0.5) is 4.39 Å². The summed E-state index contributed by atoms with van der Waals surface area (Å²) in [6.45, 7) is 3.98. The topological polar surface area (TPSA) is 41.4 Å². The van der Waals surface area contributed by atoms with Crippen LogP contribution in [0.25, 0.3) is 0 Å². The Bertz CT molecular complexity index is 665. The summed E-state index contributed by atoms with van der Waals surface area (Å²) in [5, 5.41) is 4.55. The molecule has 0 bridgehead atoms. The molecule has 1 aliphatic rings. The molecule has 2 aromatic rings. The number of halogens is 2. The lowest BCUT2D eigenvalue weighted by Crippen LogP contribution is -2.49. The Kier molecular flexibility index (Phi) is 4.93. The van der Waals surface area contributed by atoms with Gasteiger partial charge in [0.25, 0.3) is 0 Å². The van der Waals surface area contributed by atoms with Crippen LogP contribution in [0, 0.1) is 5.82 Å². The maximum Gasteiger partial charge on any atom is 0.244 e. The number of rotatable bonds is 4. The van der Waals surface area contributed by atoms with Gasteiger partial charge in [0.05, 0.1) is 11.2 Å². The molecule has 1 amide bonds. The summed E-state index contributed by atoms with van der Waals surface area (Å²) in [7, 11) is 0. The monoisotopic (exact) mass is 336 g/mol. The molecule has 3 rings (SSSR count). The van der Waals surface area contributed by atoms with Crippen molar-refractivity contribution in [3.8, 4) is 0 Å². The number of benzene rings is 1. The molecule has 0 aliphatic carbocycles. The Hall–Kier alpha value is -1.92. The van der Waals surface area contributed by atoms with E-state index in [1.165, 1.54) is 18.3 Å². The van der Waals surface area contributed by atoms with Crippen LogP contribution < -0.4 is 0 Å². The molecule has 1 aliphatic heterocycles. The zero-order valence-electron chi connectivity index (χ0n) is 12.7. The standard InChI is InChI=1S/C16H18ClFN4O/c17-14-9-19-22(11-14)12-16(23)21-7-5-20(6-8-21)10-13-1-3-15(18)4-2-13/h1-4,9,11H,5-8,10,12H2. The highest BCUT2D eigenvalue weighted by atomic mass is 35.5. The predicted octanol–water partition coefficient (Wildman–Crippen LogP) is 2.02. The Morgan fingerprint density at radius 2 is 1.87 bits per heavy atom. The minimum Gasteiger partial charge on any atom is -0.339 e. The lowest BCUT2D eigenvalue weighted by atomic mass is 10.2. The number of hydrogen-bond acceptors (Lipinski definition) is 3. The molecular formula is C16H18ClFN4O. The average molecular weight is 337 g/mol. The lowest BCUT2D eigenvalue weighted by Gasteiger charge is -2.34. The molecule has 1 aromatic heterocycles. The molecule has 2 heterocycles.